The minimum absolute atomic E-state index is 0.558. The number of hydrogen-bond acceptors (Lipinski definition) is 2. The zero-order valence-corrected chi connectivity index (χ0v) is 9.40. The Labute approximate surface area is 90.6 Å². The van der Waals surface area contributed by atoms with E-state index in [1.165, 1.54) is 32.1 Å². The van der Waals surface area contributed by atoms with Gasteiger partial charge in [-0.25, -0.2) is 9.59 Å². The van der Waals surface area contributed by atoms with E-state index in [0.717, 1.165) is 0 Å². The zero-order chi connectivity index (χ0) is 12.1. The number of unbranched alkanes of at least 4 members (excludes halogenated alkanes) is 4. The smallest absolute Gasteiger partial charge is 0.328 e. The fraction of sp³-hybridized carbons (Fsp3) is 0.636. The Morgan fingerprint density at radius 1 is 0.867 bits per heavy atom. The van der Waals surface area contributed by atoms with Crippen molar-refractivity contribution in [2.75, 3.05) is 0 Å². The molecule has 0 atom stereocenters. The van der Waals surface area contributed by atoms with Gasteiger partial charge in [-0.05, 0) is 0 Å². The van der Waals surface area contributed by atoms with Gasteiger partial charge in [-0.1, -0.05) is 46.0 Å². The molecule has 0 saturated heterocycles. The van der Waals surface area contributed by atoms with Crippen molar-refractivity contribution < 1.29 is 19.8 Å². The number of aliphatic carboxylic acids is 2. The summed E-state index contributed by atoms with van der Waals surface area (Å²) in [5.41, 5.74) is 0. The summed E-state index contributed by atoms with van der Waals surface area (Å²) in [4.78, 5) is 19.1. The van der Waals surface area contributed by atoms with Gasteiger partial charge >= 0.3 is 11.9 Å². The first-order valence-corrected chi connectivity index (χ1v) is 5.18. The van der Waals surface area contributed by atoms with Gasteiger partial charge in [-0.2, -0.15) is 0 Å². The van der Waals surface area contributed by atoms with E-state index < -0.39 is 11.9 Å². The minimum Gasteiger partial charge on any atom is -0.478 e. The second kappa shape index (κ2) is 12.7. The minimum atomic E-state index is -1.26. The van der Waals surface area contributed by atoms with Crippen LogP contribution in [0.15, 0.2) is 12.2 Å². The highest BCUT2D eigenvalue weighted by atomic mass is 16.4. The Balaban J connectivity index is 0. The summed E-state index contributed by atoms with van der Waals surface area (Å²) in [6, 6.07) is 0. The molecule has 2 N–H and O–H groups in total. The number of carbonyl (C=O) groups is 2. The molecule has 4 nitrogen and oxygen atoms in total. The molecule has 15 heavy (non-hydrogen) atoms. The van der Waals surface area contributed by atoms with Gasteiger partial charge in [0, 0.05) is 12.2 Å². The predicted molar refractivity (Wildman–Crippen MR) is 58.8 cm³/mol. The first-order valence-electron chi connectivity index (χ1n) is 5.18. The van der Waals surface area contributed by atoms with E-state index in [-0.39, 0.29) is 0 Å². The fourth-order valence-electron chi connectivity index (χ4n) is 0.819. The van der Waals surface area contributed by atoms with E-state index in [1.807, 2.05) is 0 Å². The summed E-state index contributed by atoms with van der Waals surface area (Å²) in [7, 11) is 0. The van der Waals surface area contributed by atoms with Gasteiger partial charge in [-0.3, -0.25) is 0 Å². The lowest BCUT2D eigenvalue weighted by molar-refractivity contribution is -0.134. The maximum atomic E-state index is 9.55. The lowest BCUT2D eigenvalue weighted by Gasteiger charge is -1.90. The molecule has 0 aromatic rings. The molecular formula is C11H20O4. The Kier molecular flexibility index (Phi) is 13.6. The van der Waals surface area contributed by atoms with Gasteiger partial charge in [0.05, 0.1) is 0 Å². The van der Waals surface area contributed by atoms with Crippen LogP contribution in [-0.2, 0) is 9.59 Å². The summed E-state index contributed by atoms with van der Waals surface area (Å²) >= 11 is 0. The normalized spacial score (nSPS) is 9.47. The van der Waals surface area contributed by atoms with Gasteiger partial charge in [0.25, 0.3) is 0 Å². The van der Waals surface area contributed by atoms with Crippen LogP contribution in [0.4, 0.5) is 0 Å². The van der Waals surface area contributed by atoms with Crippen LogP contribution in [0, 0.1) is 0 Å². The van der Waals surface area contributed by atoms with Crippen molar-refractivity contribution in [3.63, 3.8) is 0 Å². The van der Waals surface area contributed by atoms with Crippen molar-refractivity contribution in [2.45, 2.75) is 46.0 Å². The topological polar surface area (TPSA) is 74.6 Å². The molecule has 0 aliphatic carbocycles. The summed E-state index contributed by atoms with van der Waals surface area (Å²) < 4.78 is 0. The van der Waals surface area contributed by atoms with Gasteiger partial charge in [0.2, 0.25) is 0 Å². The molecule has 0 rings (SSSR count). The summed E-state index contributed by atoms with van der Waals surface area (Å²) in [6.45, 7) is 4.49. The average molecular weight is 216 g/mol. The average Bonchev–Trinajstić information content (AvgIpc) is 2.17. The van der Waals surface area contributed by atoms with Crippen LogP contribution >= 0.6 is 0 Å². The highest BCUT2D eigenvalue weighted by Crippen LogP contribution is 2.00. The van der Waals surface area contributed by atoms with Crippen molar-refractivity contribution in [3.05, 3.63) is 12.2 Å². The molecule has 0 aliphatic rings. The quantitative estimate of drug-likeness (QED) is 0.528. The largest absolute Gasteiger partial charge is 0.478 e. The standard InChI is InChI=1S/C7H16.C4H4O4/c1-3-5-7-6-4-2;5-3(6)1-2-4(7)8/h3-7H2,1-2H3;1-2H,(H,5,6)(H,7,8). The van der Waals surface area contributed by atoms with E-state index in [1.54, 1.807) is 0 Å². The SMILES string of the molecule is CCCCCCC.O=C(O)C=CC(=O)O. The molecule has 0 aliphatic heterocycles. The van der Waals surface area contributed by atoms with Crippen LogP contribution in [-0.4, -0.2) is 22.2 Å². The van der Waals surface area contributed by atoms with Gasteiger partial charge in [0.1, 0.15) is 0 Å². The third-order valence-corrected chi connectivity index (χ3v) is 1.58. The lowest BCUT2D eigenvalue weighted by Crippen LogP contribution is -1.91. The zero-order valence-electron chi connectivity index (χ0n) is 9.40. The second-order valence-corrected chi connectivity index (χ2v) is 3.07. The fourth-order valence-corrected chi connectivity index (χ4v) is 0.819. The van der Waals surface area contributed by atoms with E-state index >= 15 is 0 Å². The Bertz CT molecular complexity index is 177. The molecular weight excluding hydrogens is 196 g/mol. The third kappa shape index (κ3) is 24.5. The first kappa shape index (κ1) is 16.1. The molecule has 88 valence electrons. The number of carboxylic acids is 2. The third-order valence-electron chi connectivity index (χ3n) is 1.58. The van der Waals surface area contributed by atoms with Crippen LogP contribution < -0.4 is 0 Å². The second-order valence-electron chi connectivity index (χ2n) is 3.07. The van der Waals surface area contributed by atoms with Crippen LogP contribution in [0.1, 0.15) is 46.0 Å². The van der Waals surface area contributed by atoms with E-state index in [4.69, 9.17) is 10.2 Å². The Morgan fingerprint density at radius 3 is 1.40 bits per heavy atom. The Hall–Kier alpha value is -1.32. The van der Waals surface area contributed by atoms with Crippen LogP contribution in [0.3, 0.4) is 0 Å². The van der Waals surface area contributed by atoms with Crippen LogP contribution in [0.2, 0.25) is 0 Å². The molecule has 0 radical (unpaired) electrons. The molecule has 0 aromatic carbocycles. The van der Waals surface area contributed by atoms with Crippen LogP contribution in [0.5, 0.6) is 0 Å². The Morgan fingerprint density at radius 2 is 1.20 bits per heavy atom. The molecule has 0 aromatic heterocycles. The number of carboxylic acid groups (broad SMARTS) is 2. The van der Waals surface area contributed by atoms with Gasteiger partial charge in [-0.15, -0.1) is 0 Å². The van der Waals surface area contributed by atoms with Crippen molar-refractivity contribution >= 4 is 11.9 Å². The molecule has 4 heteroatoms. The summed E-state index contributed by atoms with van der Waals surface area (Å²) in [5, 5.41) is 15.6. The highest BCUT2D eigenvalue weighted by Gasteiger charge is 1.88. The number of rotatable bonds is 6. The molecule has 0 fully saturated rings. The molecule has 0 spiro atoms. The monoisotopic (exact) mass is 216 g/mol. The molecule has 0 amide bonds. The predicted octanol–water partition coefficient (Wildman–Crippen LogP) is 2.69. The van der Waals surface area contributed by atoms with E-state index in [2.05, 4.69) is 13.8 Å². The molecule has 0 bridgehead atoms. The summed E-state index contributed by atoms with van der Waals surface area (Å²) in [5.74, 6) is -2.51. The summed E-state index contributed by atoms with van der Waals surface area (Å²) in [6.07, 6.45) is 8.12. The molecule has 0 heterocycles. The van der Waals surface area contributed by atoms with Crippen molar-refractivity contribution in [3.8, 4) is 0 Å². The van der Waals surface area contributed by atoms with Crippen molar-refractivity contribution in [2.24, 2.45) is 0 Å². The van der Waals surface area contributed by atoms with Gasteiger partial charge < -0.3 is 10.2 Å². The lowest BCUT2D eigenvalue weighted by atomic mass is 10.2. The molecule has 0 unspecified atom stereocenters. The van der Waals surface area contributed by atoms with Crippen molar-refractivity contribution in [1.29, 1.82) is 0 Å². The van der Waals surface area contributed by atoms with Crippen LogP contribution in [0.25, 0.3) is 0 Å². The van der Waals surface area contributed by atoms with Crippen molar-refractivity contribution in [1.82, 2.24) is 0 Å². The van der Waals surface area contributed by atoms with Gasteiger partial charge in [0.15, 0.2) is 0 Å². The highest BCUT2D eigenvalue weighted by molar-refractivity contribution is 5.89. The van der Waals surface area contributed by atoms with E-state index in [0.29, 0.717) is 12.2 Å². The maximum absolute atomic E-state index is 9.55. The van der Waals surface area contributed by atoms with E-state index in [9.17, 15) is 9.59 Å². The first-order chi connectivity index (χ1) is 7.04. The number of hydrogen-bond donors (Lipinski definition) is 2. The molecule has 0 saturated carbocycles. The maximum Gasteiger partial charge on any atom is 0.328 e.